The number of aliphatic hydroxyl groups is 1. The summed E-state index contributed by atoms with van der Waals surface area (Å²) in [5.41, 5.74) is 0. The fourth-order valence-electron chi connectivity index (χ4n) is 13.2. The van der Waals surface area contributed by atoms with Crippen molar-refractivity contribution in [2.24, 2.45) is 11.8 Å². The van der Waals surface area contributed by atoms with Gasteiger partial charge in [0.2, 0.25) is 0 Å². The number of hydrogen-bond acceptors (Lipinski definition) is 15. The molecule has 0 spiro atoms. The van der Waals surface area contributed by atoms with Gasteiger partial charge < -0.3 is 33.8 Å². The molecule has 0 heterocycles. The first-order chi connectivity index (χ1) is 50.4. The number of ether oxygens (including phenoxy) is 4. The number of phosphoric acid groups is 2. The Labute approximate surface area is 638 Å². The first-order valence-corrected chi connectivity index (χ1v) is 47.0. The van der Waals surface area contributed by atoms with Crippen molar-refractivity contribution in [3.63, 3.8) is 0 Å². The summed E-state index contributed by atoms with van der Waals surface area (Å²) in [7, 11) is -9.93. The minimum Gasteiger partial charge on any atom is -0.462 e. The second-order valence-corrected chi connectivity index (χ2v) is 34.4. The molecule has 0 fully saturated rings. The molecule has 0 saturated carbocycles. The third-order valence-electron chi connectivity index (χ3n) is 20.0. The molecule has 0 saturated heterocycles. The summed E-state index contributed by atoms with van der Waals surface area (Å²) in [6, 6.07) is 0. The van der Waals surface area contributed by atoms with Crippen LogP contribution in [-0.4, -0.2) is 96.7 Å². The van der Waals surface area contributed by atoms with Crippen LogP contribution in [0.4, 0.5) is 0 Å². The Hall–Kier alpha value is -1.94. The van der Waals surface area contributed by atoms with Crippen molar-refractivity contribution >= 4 is 39.5 Å². The van der Waals surface area contributed by atoms with E-state index in [0.29, 0.717) is 25.7 Å². The maximum Gasteiger partial charge on any atom is 0.472 e. The molecule has 19 heteroatoms. The molecule has 0 bridgehead atoms. The van der Waals surface area contributed by atoms with E-state index in [1.54, 1.807) is 0 Å². The highest BCUT2D eigenvalue weighted by Crippen LogP contribution is 2.45. The quantitative estimate of drug-likeness (QED) is 0.0222. The molecule has 17 nitrogen and oxygen atoms in total. The summed E-state index contributed by atoms with van der Waals surface area (Å²) in [5.74, 6) is -0.578. The highest BCUT2D eigenvalue weighted by atomic mass is 31.2. The molecule has 0 amide bonds. The summed E-state index contributed by atoms with van der Waals surface area (Å²) >= 11 is 0. The molecule has 0 aliphatic heterocycles. The van der Waals surface area contributed by atoms with E-state index in [0.717, 1.165) is 102 Å². The SMILES string of the molecule is CCCCCCCCCCCCCCCCCCCCCCCCC(=O)O[C@H](COC(=O)CCCCCCCCCCCCCCCCC(C)C)COP(=O)(O)OC[C@@H](O)COP(=O)(O)OC[C@@H](COC(=O)CCCCCCCCCCC(C)C)OC(=O)CCCCCCCCCCCCCCCC. The van der Waals surface area contributed by atoms with E-state index < -0.39 is 97.5 Å². The van der Waals surface area contributed by atoms with Crippen LogP contribution in [0.25, 0.3) is 0 Å². The van der Waals surface area contributed by atoms with E-state index in [-0.39, 0.29) is 25.7 Å². The molecule has 0 aromatic carbocycles. The first-order valence-electron chi connectivity index (χ1n) is 44.0. The number of hydrogen-bond donors (Lipinski definition) is 3. The number of phosphoric ester groups is 2. The minimum atomic E-state index is -4.97. The standard InChI is InChI=1S/C85H166O17P2/c1-7-9-11-13-15-17-19-21-23-24-25-26-27-28-29-30-36-40-44-52-58-64-70-85(90)101-80(73-95-82(87)67-61-55-49-42-38-35-32-31-33-37-41-47-53-59-65-77(3)4)75-99-103(91,92)97-71-79(86)72-98-104(93,94)100-76-81(74-96-83(88)68-62-56-50-46-45-48-54-60-66-78(5)6)102-84(89)69-63-57-51-43-39-34-22-20-18-16-14-12-10-8-2/h77-81,86H,7-76H2,1-6H3,(H,91,92)(H,93,94)/t79-,80-,81-/m1/s1. The summed E-state index contributed by atoms with van der Waals surface area (Å²) in [6.45, 7) is 9.65. The molecule has 5 atom stereocenters. The summed E-state index contributed by atoms with van der Waals surface area (Å²) in [5, 5.41) is 10.7. The van der Waals surface area contributed by atoms with Crippen LogP contribution in [0.5, 0.6) is 0 Å². The molecule has 0 aromatic heterocycles. The van der Waals surface area contributed by atoms with Crippen LogP contribution in [0.15, 0.2) is 0 Å². The molecule has 2 unspecified atom stereocenters. The van der Waals surface area contributed by atoms with Crippen molar-refractivity contribution in [1.29, 1.82) is 0 Å². The summed E-state index contributed by atoms with van der Waals surface area (Å²) < 4.78 is 68.8. The van der Waals surface area contributed by atoms with Gasteiger partial charge in [0.15, 0.2) is 12.2 Å². The van der Waals surface area contributed by atoms with Crippen LogP contribution in [0.3, 0.4) is 0 Å². The van der Waals surface area contributed by atoms with E-state index in [1.165, 1.54) is 270 Å². The Balaban J connectivity index is 5.22. The average Bonchev–Trinajstić information content (AvgIpc) is 0.908. The van der Waals surface area contributed by atoms with Crippen LogP contribution in [0.2, 0.25) is 0 Å². The summed E-state index contributed by atoms with van der Waals surface area (Å²) in [6.07, 6.45) is 68.1. The van der Waals surface area contributed by atoms with Gasteiger partial charge in [-0.2, -0.15) is 0 Å². The predicted octanol–water partition coefficient (Wildman–Crippen LogP) is 25.8. The molecule has 0 aliphatic rings. The molecule has 0 aliphatic carbocycles. The number of carbonyl (C=O) groups is 4. The molecule has 0 radical (unpaired) electrons. The van der Waals surface area contributed by atoms with Crippen molar-refractivity contribution < 1.29 is 80.2 Å². The molecule has 618 valence electrons. The molecule has 0 aromatic rings. The van der Waals surface area contributed by atoms with Gasteiger partial charge in [-0.05, 0) is 37.5 Å². The lowest BCUT2D eigenvalue weighted by Crippen LogP contribution is -2.30. The van der Waals surface area contributed by atoms with Crippen LogP contribution >= 0.6 is 15.6 Å². The zero-order valence-electron chi connectivity index (χ0n) is 68.3. The summed E-state index contributed by atoms with van der Waals surface area (Å²) in [4.78, 5) is 73.2. The van der Waals surface area contributed by atoms with Gasteiger partial charge >= 0.3 is 39.5 Å². The Morgan fingerprint density at radius 3 is 0.654 bits per heavy atom. The zero-order chi connectivity index (χ0) is 76.4. The van der Waals surface area contributed by atoms with E-state index in [1.807, 2.05) is 0 Å². The van der Waals surface area contributed by atoms with E-state index in [2.05, 4.69) is 41.5 Å². The Morgan fingerprint density at radius 1 is 0.260 bits per heavy atom. The number of carbonyl (C=O) groups excluding carboxylic acids is 4. The van der Waals surface area contributed by atoms with E-state index in [4.69, 9.17) is 37.0 Å². The van der Waals surface area contributed by atoms with Crippen LogP contribution in [0, 0.1) is 11.8 Å². The maximum atomic E-state index is 13.1. The van der Waals surface area contributed by atoms with E-state index in [9.17, 15) is 43.2 Å². The van der Waals surface area contributed by atoms with Gasteiger partial charge in [-0.25, -0.2) is 9.13 Å². The van der Waals surface area contributed by atoms with E-state index >= 15 is 0 Å². The van der Waals surface area contributed by atoms with Crippen LogP contribution in [-0.2, 0) is 65.4 Å². The lowest BCUT2D eigenvalue weighted by atomic mass is 10.0. The minimum absolute atomic E-state index is 0.108. The highest BCUT2D eigenvalue weighted by Gasteiger charge is 2.30. The normalized spacial score (nSPS) is 13.8. The van der Waals surface area contributed by atoms with Crippen molar-refractivity contribution in [2.45, 2.75) is 471 Å². The third kappa shape index (κ3) is 78.2. The highest BCUT2D eigenvalue weighted by molar-refractivity contribution is 7.47. The number of unbranched alkanes of at least 4 members (excludes halogenated alkanes) is 54. The number of esters is 4. The van der Waals surface area contributed by atoms with Crippen molar-refractivity contribution in [2.75, 3.05) is 39.6 Å². The van der Waals surface area contributed by atoms with Gasteiger partial charge in [0, 0.05) is 25.7 Å². The fraction of sp³-hybridized carbons (Fsp3) is 0.953. The third-order valence-corrected chi connectivity index (χ3v) is 21.9. The molecular formula is C85H166O17P2. The topological polar surface area (TPSA) is 237 Å². The first kappa shape index (κ1) is 102. The zero-order valence-corrected chi connectivity index (χ0v) is 70.1. The van der Waals surface area contributed by atoms with Crippen molar-refractivity contribution in [3.05, 3.63) is 0 Å². The van der Waals surface area contributed by atoms with Gasteiger partial charge in [-0.15, -0.1) is 0 Å². The second kappa shape index (κ2) is 76.4. The van der Waals surface area contributed by atoms with Gasteiger partial charge in [0.25, 0.3) is 0 Å². The monoisotopic (exact) mass is 1520 g/mol. The van der Waals surface area contributed by atoms with Gasteiger partial charge in [-0.1, -0.05) is 401 Å². The lowest BCUT2D eigenvalue weighted by Gasteiger charge is -2.21. The Bertz CT molecular complexity index is 1990. The number of aliphatic hydroxyl groups excluding tert-OH is 1. The van der Waals surface area contributed by atoms with Crippen molar-refractivity contribution in [1.82, 2.24) is 0 Å². The molecule has 0 rings (SSSR count). The largest absolute Gasteiger partial charge is 0.472 e. The van der Waals surface area contributed by atoms with Crippen LogP contribution < -0.4 is 0 Å². The molecular weight excluding hydrogens is 1350 g/mol. The average molecular weight is 1520 g/mol. The fourth-order valence-corrected chi connectivity index (χ4v) is 14.8. The smallest absolute Gasteiger partial charge is 0.462 e. The Morgan fingerprint density at radius 2 is 0.442 bits per heavy atom. The predicted molar refractivity (Wildman–Crippen MR) is 428 cm³/mol. The molecule has 3 N–H and O–H groups in total. The van der Waals surface area contributed by atoms with Gasteiger partial charge in [0.1, 0.15) is 19.3 Å². The second-order valence-electron chi connectivity index (χ2n) is 31.5. The van der Waals surface area contributed by atoms with Crippen molar-refractivity contribution in [3.8, 4) is 0 Å². The molecule has 104 heavy (non-hydrogen) atoms. The van der Waals surface area contributed by atoms with Gasteiger partial charge in [-0.3, -0.25) is 37.3 Å². The van der Waals surface area contributed by atoms with Crippen LogP contribution in [0.1, 0.15) is 452 Å². The maximum absolute atomic E-state index is 13.1. The van der Waals surface area contributed by atoms with Gasteiger partial charge in [0.05, 0.1) is 26.4 Å². The number of rotatable bonds is 84. The Kier molecular flexibility index (Phi) is 75.0. The lowest BCUT2D eigenvalue weighted by molar-refractivity contribution is -0.161.